The summed E-state index contributed by atoms with van der Waals surface area (Å²) in [5.74, 6) is 0.772. The second-order valence-electron chi connectivity index (χ2n) is 10.2. The zero-order valence-corrected chi connectivity index (χ0v) is 19.4. The summed E-state index contributed by atoms with van der Waals surface area (Å²) in [6.45, 7) is 9.84. The minimum atomic E-state index is -0.938. The van der Waals surface area contributed by atoms with Gasteiger partial charge in [-0.2, -0.15) is 0 Å². The average molecular weight is 433 g/mol. The Morgan fingerprint density at radius 3 is 2.31 bits per heavy atom. The van der Waals surface area contributed by atoms with Crippen LogP contribution in [-0.4, -0.2) is 17.7 Å². The van der Waals surface area contributed by atoms with Crippen LogP contribution in [0.15, 0.2) is 65.3 Å². The van der Waals surface area contributed by atoms with Crippen molar-refractivity contribution in [3.8, 4) is 5.75 Å². The van der Waals surface area contributed by atoms with Crippen LogP contribution < -0.4 is 4.74 Å². The van der Waals surface area contributed by atoms with Gasteiger partial charge in [0, 0.05) is 12.3 Å². The summed E-state index contributed by atoms with van der Waals surface area (Å²) in [4.78, 5) is 11.1. The Morgan fingerprint density at radius 1 is 1.00 bits per heavy atom. The maximum atomic E-state index is 11.1. The number of ether oxygens (including phenoxy) is 1. The largest absolute Gasteiger partial charge is 0.493 e. The molecule has 2 aromatic carbocycles. The number of furan rings is 1. The molecule has 4 heteroatoms. The monoisotopic (exact) mass is 432 g/mol. The van der Waals surface area contributed by atoms with Crippen LogP contribution in [0, 0.1) is 0 Å². The standard InChI is InChI=1S/C28H32O4/c1-27(2)13-14-28(3,4)25-17-20(9-12-24(25)27)21(16-23-6-5-15-31-23)18-32-22-10-7-19(8-11-22)26(29)30/h5-12,15,17,21H,13-14,16,18H2,1-4H3,(H,29,30). The highest BCUT2D eigenvalue weighted by Gasteiger charge is 2.37. The van der Waals surface area contributed by atoms with E-state index in [1.165, 1.54) is 29.5 Å². The highest BCUT2D eigenvalue weighted by Crippen LogP contribution is 2.46. The number of aromatic carboxylic acids is 1. The van der Waals surface area contributed by atoms with E-state index in [0.717, 1.165) is 12.2 Å². The number of carbonyl (C=O) groups is 1. The lowest BCUT2D eigenvalue weighted by Crippen LogP contribution is -2.34. The van der Waals surface area contributed by atoms with E-state index in [1.54, 1.807) is 30.5 Å². The van der Waals surface area contributed by atoms with Crippen molar-refractivity contribution in [1.29, 1.82) is 0 Å². The molecule has 1 aliphatic rings. The van der Waals surface area contributed by atoms with Crippen molar-refractivity contribution in [1.82, 2.24) is 0 Å². The fourth-order valence-electron chi connectivity index (χ4n) is 4.70. The summed E-state index contributed by atoms with van der Waals surface area (Å²) in [6, 6.07) is 17.4. The van der Waals surface area contributed by atoms with Crippen LogP contribution in [0.3, 0.4) is 0 Å². The van der Waals surface area contributed by atoms with E-state index in [0.29, 0.717) is 12.4 Å². The van der Waals surface area contributed by atoms with E-state index in [4.69, 9.17) is 14.3 Å². The third-order valence-corrected chi connectivity index (χ3v) is 6.93. The van der Waals surface area contributed by atoms with Crippen LogP contribution in [0.25, 0.3) is 0 Å². The Labute approximate surface area is 190 Å². The van der Waals surface area contributed by atoms with Crippen LogP contribution in [0.2, 0.25) is 0 Å². The third-order valence-electron chi connectivity index (χ3n) is 6.93. The van der Waals surface area contributed by atoms with Crippen LogP contribution in [0.5, 0.6) is 5.75 Å². The molecule has 168 valence electrons. The Balaban J connectivity index is 1.62. The number of rotatable bonds is 7. The summed E-state index contributed by atoms with van der Waals surface area (Å²) < 4.78 is 11.8. The highest BCUT2D eigenvalue weighted by molar-refractivity contribution is 5.87. The van der Waals surface area contributed by atoms with Crippen LogP contribution in [0.4, 0.5) is 0 Å². The Kier molecular flexibility index (Phi) is 5.89. The molecule has 1 aromatic heterocycles. The van der Waals surface area contributed by atoms with Gasteiger partial charge in [-0.15, -0.1) is 0 Å². The average Bonchev–Trinajstić information content (AvgIpc) is 3.28. The molecule has 0 saturated carbocycles. The second kappa shape index (κ2) is 8.50. The van der Waals surface area contributed by atoms with E-state index >= 15 is 0 Å². The molecule has 1 N–H and O–H groups in total. The van der Waals surface area contributed by atoms with Gasteiger partial charge in [-0.05, 0) is 76.8 Å². The van der Waals surface area contributed by atoms with E-state index in [2.05, 4.69) is 45.9 Å². The molecule has 1 heterocycles. The number of carboxylic acids is 1. The van der Waals surface area contributed by atoms with Gasteiger partial charge in [0.25, 0.3) is 0 Å². The SMILES string of the molecule is CC1(C)CCC(C)(C)c2cc(C(COc3ccc(C(=O)O)cc3)Cc3ccco3)ccc21. The van der Waals surface area contributed by atoms with Gasteiger partial charge in [-0.25, -0.2) is 4.79 Å². The lowest BCUT2D eigenvalue weighted by molar-refractivity contribution is 0.0697. The molecule has 0 aliphatic heterocycles. The lowest BCUT2D eigenvalue weighted by Gasteiger charge is -2.42. The van der Waals surface area contributed by atoms with Crippen molar-refractivity contribution in [2.24, 2.45) is 0 Å². The first-order valence-corrected chi connectivity index (χ1v) is 11.3. The van der Waals surface area contributed by atoms with Gasteiger partial charge in [0.1, 0.15) is 11.5 Å². The number of fused-ring (bicyclic) bond motifs is 1. The minimum absolute atomic E-state index is 0.117. The molecule has 3 aromatic rings. The first-order valence-electron chi connectivity index (χ1n) is 11.3. The van der Waals surface area contributed by atoms with Crippen molar-refractivity contribution < 1.29 is 19.1 Å². The molecular formula is C28H32O4. The smallest absolute Gasteiger partial charge is 0.335 e. The van der Waals surface area contributed by atoms with Gasteiger partial charge in [-0.3, -0.25) is 0 Å². The predicted molar refractivity (Wildman–Crippen MR) is 126 cm³/mol. The lowest BCUT2D eigenvalue weighted by atomic mass is 9.62. The van der Waals surface area contributed by atoms with Crippen LogP contribution in [-0.2, 0) is 17.3 Å². The molecule has 32 heavy (non-hydrogen) atoms. The van der Waals surface area contributed by atoms with E-state index in [1.807, 2.05) is 12.1 Å². The van der Waals surface area contributed by atoms with E-state index < -0.39 is 5.97 Å². The quantitative estimate of drug-likeness (QED) is 0.449. The molecule has 1 unspecified atom stereocenters. The fourth-order valence-corrected chi connectivity index (χ4v) is 4.70. The third kappa shape index (κ3) is 4.59. The summed E-state index contributed by atoms with van der Waals surface area (Å²) in [7, 11) is 0. The van der Waals surface area contributed by atoms with Gasteiger partial charge >= 0.3 is 5.97 Å². The summed E-state index contributed by atoms with van der Waals surface area (Å²) in [6.07, 6.45) is 4.81. The predicted octanol–water partition coefficient (Wildman–Crippen LogP) is 6.73. The molecule has 0 fully saturated rings. The molecule has 0 spiro atoms. The van der Waals surface area contributed by atoms with Gasteiger partial charge in [0.2, 0.25) is 0 Å². The van der Waals surface area contributed by atoms with E-state index in [9.17, 15) is 4.79 Å². The Morgan fingerprint density at radius 2 is 1.69 bits per heavy atom. The summed E-state index contributed by atoms with van der Waals surface area (Å²) in [5, 5.41) is 9.11. The molecule has 0 radical (unpaired) electrons. The zero-order chi connectivity index (χ0) is 22.9. The maximum Gasteiger partial charge on any atom is 0.335 e. The molecule has 0 saturated heterocycles. The molecule has 0 bridgehead atoms. The van der Waals surface area contributed by atoms with Crippen molar-refractivity contribution >= 4 is 5.97 Å². The number of hydrogen-bond donors (Lipinski definition) is 1. The molecule has 1 atom stereocenters. The van der Waals surface area contributed by atoms with Gasteiger partial charge < -0.3 is 14.3 Å². The first-order chi connectivity index (χ1) is 15.2. The maximum absolute atomic E-state index is 11.1. The molecule has 4 nitrogen and oxygen atoms in total. The van der Waals surface area contributed by atoms with E-state index in [-0.39, 0.29) is 22.3 Å². The van der Waals surface area contributed by atoms with Crippen molar-refractivity contribution in [3.05, 3.63) is 88.9 Å². The molecular weight excluding hydrogens is 400 g/mol. The molecule has 1 aliphatic carbocycles. The summed E-state index contributed by atoms with van der Waals surface area (Å²) >= 11 is 0. The minimum Gasteiger partial charge on any atom is -0.493 e. The van der Waals surface area contributed by atoms with Crippen LogP contribution >= 0.6 is 0 Å². The molecule has 0 amide bonds. The first kappa shape index (κ1) is 22.2. The highest BCUT2D eigenvalue weighted by atomic mass is 16.5. The van der Waals surface area contributed by atoms with Gasteiger partial charge in [0.15, 0.2) is 0 Å². The second-order valence-corrected chi connectivity index (χ2v) is 10.2. The van der Waals surface area contributed by atoms with Crippen molar-refractivity contribution in [2.75, 3.05) is 6.61 Å². The van der Waals surface area contributed by atoms with Gasteiger partial charge in [0.05, 0.1) is 18.4 Å². The van der Waals surface area contributed by atoms with Crippen molar-refractivity contribution in [3.63, 3.8) is 0 Å². The number of hydrogen-bond acceptors (Lipinski definition) is 3. The Bertz CT molecular complexity index is 1080. The summed E-state index contributed by atoms with van der Waals surface area (Å²) in [5.41, 5.74) is 4.70. The van der Waals surface area contributed by atoms with Crippen LogP contribution in [0.1, 0.15) is 79.3 Å². The van der Waals surface area contributed by atoms with Crippen molar-refractivity contribution in [2.45, 2.75) is 63.7 Å². The zero-order valence-electron chi connectivity index (χ0n) is 19.4. The normalized spacial score (nSPS) is 17.4. The number of benzene rings is 2. The number of carboxylic acid groups (broad SMARTS) is 1. The molecule has 4 rings (SSSR count). The topological polar surface area (TPSA) is 59.7 Å². The fraction of sp³-hybridized carbons (Fsp3) is 0.393. The Hall–Kier alpha value is -3.01. The van der Waals surface area contributed by atoms with Gasteiger partial charge in [-0.1, -0.05) is 45.9 Å².